The second-order valence-corrected chi connectivity index (χ2v) is 11.8. The molecule has 0 saturated heterocycles. The largest absolute Gasteiger partial charge is 0.573 e. The molecule has 2 nitrogen and oxygen atoms in total. The monoisotopic (exact) mass is 674 g/mol. The third kappa shape index (κ3) is 10.3. The number of alkyl halides is 6. The summed E-state index contributed by atoms with van der Waals surface area (Å²) < 4.78 is 81.1. The van der Waals surface area contributed by atoms with Crippen molar-refractivity contribution in [2.75, 3.05) is 0 Å². The fourth-order valence-corrected chi connectivity index (χ4v) is 5.63. The van der Waals surface area contributed by atoms with Gasteiger partial charge in [0, 0.05) is 0 Å². The maximum Gasteiger partial charge on any atom is 0.573 e. The van der Waals surface area contributed by atoms with Gasteiger partial charge in [-0.15, -0.1) is 26.3 Å². The van der Waals surface area contributed by atoms with Crippen LogP contribution in [0.5, 0.6) is 11.5 Å². The molecule has 0 saturated carbocycles. The Hall–Kier alpha value is -4.98. The van der Waals surface area contributed by atoms with Gasteiger partial charge in [0.15, 0.2) is 0 Å². The first-order valence-corrected chi connectivity index (χ1v) is 16.2. The van der Waals surface area contributed by atoms with Gasteiger partial charge in [-0.05, 0) is 111 Å². The average molecular weight is 675 g/mol. The van der Waals surface area contributed by atoms with Gasteiger partial charge in [0.1, 0.15) is 11.5 Å². The van der Waals surface area contributed by atoms with E-state index >= 15 is 0 Å². The van der Waals surface area contributed by atoms with Gasteiger partial charge in [-0.2, -0.15) is 0 Å². The fraction of sp³-hybridized carbons (Fsp3) is 0.220. The van der Waals surface area contributed by atoms with Crippen LogP contribution in [0.2, 0.25) is 0 Å². The van der Waals surface area contributed by atoms with Crippen molar-refractivity contribution in [2.45, 2.75) is 58.7 Å². The number of fused-ring (bicyclic) bond motifs is 2. The molecule has 0 spiro atoms. The standard InChI is InChI=1S/C21H19F3O.C20H17F3O/c1-2-3-4-15-5-6-19-14-18(8-7-17(19)13-15)16-9-11-20(12-10-16)25-21(22,23)24;1-2-3-14-4-5-18-13-17(7-6-16(18)12-14)15-8-10-19(11-9-15)24-20(21,22)23/h5-14H,2-4H2,1H3;4-13H,2-3H2,1H3. The van der Waals surface area contributed by atoms with Crippen LogP contribution in [0.3, 0.4) is 0 Å². The van der Waals surface area contributed by atoms with Crippen molar-refractivity contribution in [3.05, 3.63) is 132 Å². The molecule has 6 rings (SSSR count). The van der Waals surface area contributed by atoms with Crippen molar-refractivity contribution >= 4 is 21.5 Å². The van der Waals surface area contributed by atoms with Gasteiger partial charge in [-0.1, -0.05) is 112 Å². The van der Waals surface area contributed by atoms with E-state index in [9.17, 15) is 26.3 Å². The quantitative estimate of drug-likeness (QED) is 0.142. The summed E-state index contributed by atoms with van der Waals surface area (Å²) in [6, 6.07) is 36.9. The second kappa shape index (κ2) is 15.5. The predicted octanol–water partition coefficient (Wildman–Crippen LogP) is 13.1. The number of halogens is 6. The van der Waals surface area contributed by atoms with Crippen LogP contribution in [-0.4, -0.2) is 12.7 Å². The molecule has 0 aliphatic carbocycles. The van der Waals surface area contributed by atoms with E-state index < -0.39 is 12.7 Å². The summed E-state index contributed by atoms with van der Waals surface area (Å²) in [7, 11) is 0. The van der Waals surface area contributed by atoms with Crippen LogP contribution >= 0.6 is 0 Å². The Morgan fingerprint density at radius 1 is 0.408 bits per heavy atom. The molecule has 0 amide bonds. The SMILES string of the molecule is CCCCc1ccc2cc(-c3ccc(OC(F)(F)F)cc3)ccc2c1.CCCc1ccc2cc(-c3ccc(OC(F)(F)F)cc3)ccc2c1. The lowest BCUT2D eigenvalue weighted by Crippen LogP contribution is -2.16. The summed E-state index contributed by atoms with van der Waals surface area (Å²) in [6.07, 6.45) is -3.75. The molecule has 0 atom stereocenters. The topological polar surface area (TPSA) is 18.5 Å². The number of benzene rings is 6. The summed E-state index contributed by atoms with van der Waals surface area (Å²) in [5.74, 6) is -0.422. The molecular formula is C41H36F6O2. The molecular weight excluding hydrogens is 638 g/mol. The lowest BCUT2D eigenvalue weighted by atomic mass is 9.98. The van der Waals surface area contributed by atoms with Crippen LogP contribution in [0.15, 0.2) is 121 Å². The maximum absolute atomic E-state index is 12.2. The zero-order valence-electron chi connectivity index (χ0n) is 27.2. The average Bonchev–Trinajstić information content (AvgIpc) is 3.06. The zero-order valence-corrected chi connectivity index (χ0v) is 27.2. The van der Waals surface area contributed by atoms with E-state index in [0.717, 1.165) is 52.3 Å². The Labute approximate surface area is 281 Å². The molecule has 0 N–H and O–H groups in total. The van der Waals surface area contributed by atoms with Crippen molar-refractivity contribution in [1.82, 2.24) is 0 Å². The van der Waals surface area contributed by atoms with Gasteiger partial charge >= 0.3 is 12.7 Å². The van der Waals surface area contributed by atoms with Gasteiger partial charge < -0.3 is 9.47 Å². The Morgan fingerprint density at radius 2 is 0.776 bits per heavy atom. The lowest BCUT2D eigenvalue weighted by molar-refractivity contribution is -0.275. The normalized spacial score (nSPS) is 11.7. The Morgan fingerprint density at radius 3 is 1.16 bits per heavy atom. The van der Waals surface area contributed by atoms with Crippen LogP contribution in [-0.2, 0) is 12.8 Å². The van der Waals surface area contributed by atoms with Crippen molar-refractivity contribution in [3.63, 3.8) is 0 Å². The van der Waals surface area contributed by atoms with Gasteiger partial charge in [0.2, 0.25) is 0 Å². The molecule has 254 valence electrons. The molecule has 0 unspecified atom stereocenters. The number of unbranched alkanes of at least 4 members (excludes halogenated alkanes) is 1. The molecule has 0 aromatic heterocycles. The van der Waals surface area contributed by atoms with Crippen molar-refractivity contribution in [1.29, 1.82) is 0 Å². The van der Waals surface area contributed by atoms with Crippen LogP contribution < -0.4 is 9.47 Å². The summed E-state index contributed by atoms with van der Waals surface area (Å²) in [6.45, 7) is 4.33. The van der Waals surface area contributed by atoms with Crippen molar-refractivity contribution in [3.8, 4) is 33.8 Å². The third-order valence-corrected chi connectivity index (χ3v) is 8.01. The molecule has 0 aliphatic rings. The minimum atomic E-state index is -4.67. The highest BCUT2D eigenvalue weighted by atomic mass is 19.4. The smallest absolute Gasteiger partial charge is 0.406 e. The minimum Gasteiger partial charge on any atom is -0.406 e. The molecule has 0 heterocycles. The Kier molecular flexibility index (Phi) is 11.2. The van der Waals surface area contributed by atoms with Crippen LogP contribution in [0.25, 0.3) is 43.8 Å². The van der Waals surface area contributed by atoms with Gasteiger partial charge in [-0.3, -0.25) is 0 Å². The summed E-state index contributed by atoms with van der Waals surface area (Å²) in [5.41, 5.74) is 6.27. The van der Waals surface area contributed by atoms with Crippen LogP contribution in [0.4, 0.5) is 26.3 Å². The first-order valence-electron chi connectivity index (χ1n) is 16.2. The van der Waals surface area contributed by atoms with Gasteiger partial charge in [-0.25, -0.2) is 0 Å². The Bertz CT molecular complexity index is 1980. The minimum absolute atomic E-state index is 0.211. The number of hydrogen-bond acceptors (Lipinski definition) is 2. The molecule has 0 aliphatic heterocycles. The molecule has 0 fully saturated rings. The predicted molar refractivity (Wildman–Crippen MR) is 185 cm³/mol. The third-order valence-electron chi connectivity index (χ3n) is 8.01. The number of ether oxygens (including phenoxy) is 2. The number of rotatable bonds is 9. The number of hydrogen-bond donors (Lipinski definition) is 0. The first kappa shape index (κ1) is 35.3. The second-order valence-electron chi connectivity index (χ2n) is 11.8. The first-order chi connectivity index (χ1) is 23.4. The Balaban J connectivity index is 0.000000191. The van der Waals surface area contributed by atoms with Gasteiger partial charge in [0.05, 0.1) is 0 Å². The highest BCUT2D eigenvalue weighted by molar-refractivity contribution is 5.89. The molecule has 0 radical (unpaired) electrons. The maximum atomic E-state index is 12.2. The van der Waals surface area contributed by atoms with E-state index in [1.165, 1.54) is 59.0 Å². The highest BCUT2D eigenvalue weighted by Crippen LogP contribution is 2.31. The van der Waals surface area contributed by atoms with Crippen LogP contribution in [0.1, 0.15) is 44.2 Å². The number of aryl methyl sites for hydroxylation is 2. The molecule has 8 heteroatoms. The summed E-state index contributed by atoms with van der Waals surface area (Å²) in [5, 5.41) is 4.58. The van der Waals surface area contributed by atoms with E-state index in [0.29, 0.717) is 0 Å². The molecule has 6 aromatic rings. The van der Waals surface area contributed by atoms with E-state index in [-0.39, 0.29) is 11.5 Å². The molecule has 0 bridgehead atoms. The van der Waals surface area contributed by atoms with E-state index in [1.807, 2.05) is 24.3 Å². The molecule has 6 aromatic carbocycles. The molecule has 49 heavy (non-hydrogen) atoms. The van der Waals surface area contributed by atoms with E-state index in [1.54, 1.807) is 24.3 Å². The summed E-state index contributed by atoms with van der Waals surface area (Å²) in [4.78, 5) is 0. The fourth-order valence-electron chi connectivity index (χ4n) is 5.63. The van der Waals surface area contributed by atoms with Gasteiger partial charge in [0.25, 0.3) is 0 Å². The zero-order chi connectivity index (χ0) is 35.0. The van der Waals surface area contributed by atoms with E-state index in [4.69, 9.17) is 0 Å². The van der Waals surface area contributed by atoms with Crippen LogP contribution in [0, 0.1) is 0 Å². The summed E-state index contributed by atoms with van der Waals surface area (Å²) >= 11 is 0. The van der Waals surface area contributed by atoms with Crippen molar-refractivity contribution < 1.29 is 35.8 Å². The van der Waals surface area contributed by atoms with E-state index in [2.05, 4.69) is 71.9 Å². The highest BCUT2D eigenvalue weighted by Gasteiger charge is 2.31. The lowest BCUT2D eigenvalue weighted by Gasteiger charge is -2.10. The van der Waals surface area contributed by atoms with Crippen molar-refractivity contribution in [2.24, 2.45) is 0 Å².